The standard InChI is InChI=1S/C20H21Cl2N3O5/c1-11-7-16(17(29-2)8-14(11)22)24-18(26)10-30-19(27)9-15(25-20(23)28)12-5-3-4-6-13(12)21/h3-8,15H,9-10H2,1-2H3,(H,24,26)(H3,23,25,28). The lowest BCUT2D eigenvalue weighted by Gasteiger charge is -2.18. The number of benzene rings is 2. The van der Waals surface area contributed by atoms with Gasteiger partial charge in [-0.3, -0.25) is 9.59 Å². The fourth-order valence-corrected chi connectivity index (χ4v) is 3.08. The summed E-state index contributed by atoms with van der Waals surface area (Å²) < 4.78 is 10.2. The Bertz CT molecular complexity index is 952. The molecule has 0 saturated carbocycles. The number of hydrogen-bond acceptors (Lipinski definition) is 5. The zero-order valence-corrected chi connectivity index (χ0v) is 17.8. The molecule has 8 nitrogen and oxygen atoms in total. The molecule has 4 N–H and O–H groups in total. The molecule has 0 heterocycles. The predicted octanol–water partition coefficient (Wildman–Crippen LogP) is 3.59. The van der Waals surface area contributed by atoms with Gasteiger partial charge in [-0.05, 0) is 30.2 Å². The molecule has 1 unspecified atom stereocenters. The van der Waals surface area contributed by atoms with E-state index in [4.69, 9.17) is 38.4 Å². The van der Waals surface area contributed by atoms with Crippen LogP contribution in [0, 0.1) is 6.92 Å². The van der Waals surface area contributed by atoms with E-state index in [1.165, 1.54) is 7.11 Å². The van der Waals surface area contributed by atoms with Crippen LogP contribution in [0.5, 0.6) is 5.75 Å². The molecule has 30 heavy (non-hydrogen) atoms. The lowest BCUT2D eigenvalue weighted by molar-refractivity contribution is -0.147. The summed E-state index contributed by atoms with van der Waals surface area (Å²) in [6, 6.07) is 8.28. The minimum atomic E-state index is -0.823. The Labute approximate surface area is 183 Å². The van der Waals surface area contributed by atoms with Crippen molar-refractivity contribution in [2.45, 2.75) is 19.4 Å². The molecule has 0 radical (unpaired) electrons. The van der Waals surface area contributed by atoms with Crippen molar-refractivity contribution in [3.63, 3.8) is 0 Å². The zero-order chi connectivity index (χ0) is 22.3. The summed E-state index contributed by atoms with van der Waals surface area (Å²) in [7, 11) is 1.44. The van der Waals surface area contributed by atoms with Gasteiger partial charge in [0.15, 0.2) is 6.61 Å². The van der Waals surface area contributed by atoms with E-state index >= 15 is 0 Å². The molecule has 0 fully saturated rings. The van der Waals surface area contributed by atoms with Gasteiger partial charge in [0.25, 0.3) is 5.91 Å². The van der Waals surface area contributed by atoms with Crippen LogP contribution in [0.25, 0.3) is 0 Å². The highest BCUT2D eigenvalue weighted by atomic mass is 35.5. The van der Waals surface area contributed by atoms with Crippen molar-refractivity contribution in [2.75, 3.05) is 19.0 Å². The van der Waals surface area contributed by atoms with Gasteiger partial charge in [0.2, 0.25) is 0 Å². The topological polar surface area (TPSA) is 120 Å². The Morgan fingerprint density at radius 1 is 1.13 bits per heavy atom. The molecule has 3 amide bonds. The van der Waals surface area contributed by atoms with Gasteiger partial charge in [0.1, 0.15) is 5.75 Å². The second kappa shape index (κ2) is 10.7. The molecule has 2 rings (SSSR count). The Morgan fingerprint density at radius 3 is 2.47 bits per heavy atom. The number of nitrogens with two attached hydrogens (primary N) is 1. The van der Waals surface area contributed by atoms with E-state index in [0.717, 1.165) is 5.56 Å². The van der Waals surface area contributed by atoms with Gasteiger partial charge in [-0.2, -0.15) is 0 Å². The molecule has 0 aliphatic carbocycles. The SMILES string of the molecule is COc1cc(Cl)c(C)cc1NC(=O)COC(=O)CC(NC(N)=O)c1ccccc1Cl. The van der Waals surface area contributed by atoms with E-state index in [1.54, 1.807) is 43.3 Å². The smallest absolute Gasteiger partial charge is 0.312 e. The van der Waals surface area contributed by atoms with E-state index in [2.05, 4.69) is 10.6 Å². The Hall–Kier alpha value is -2.97. The third-order valence-corrected chi connectivity index (χ3v) is 4.84. The molecular weight excluding hydrogens is 433 g/mol. The van der Waals surface area contributed by atoms with Crippen LogP contribution in [0.3, 0.4) is 0 Å². The van der Waals surface area contributed by atoms with E-state index in [1.807, 2.05) is 0 Å². The number of urea groups is 1. The van der Waals surface area contributed by atoms with Crippen LogP contribution in [0.15, 0.2) is 36.4 Å². The maximum absolute atomic E-state index is 12.2. The maximum Gasteiger partial charge on any atom is 0.312 e. The molecule has 0 bridgehead atoms. The van der Waals surface area contributed by atoms with Gasteiger partial charge in [0, 0.05) is 16.1 Å². The molecule has 1 atom stereocenters. The molecule has 0 aromatic heterocycles. The second-order valence-corrected chi connectivity index (χ2v) is 7.11. The molecule has 0 saturated heterocycles. The van der Waals surface area contributed by atoms with Crippen LogP contribution >= 0.6 is 23.2 Å². The first-order chi connectivity index (χ1) is 14.2. The average molecular weight is 454 g/mol. The van der Waals surface area contributed by atoms with Gasteiger partial charge < -0.3 is 25.8 Å². The minimum Gasteiger partial charge on any atom is -0.495 e. The number of carbonyl (C=O) groups is 3. The molecule has 2 aromatic carbocycles. The number of primary amides is 1. The Balaban J connectivity index is 1.99. The molecule has 0 aliphatic heterocycles. The van der Waals surface area contributed by atoms with Crippen molar-refractivity contribution >= 4 is 46.8 Å². The number of anilines is 1. The number of esters is 1. The summed E-state index contributed by atoms with van der Waals surface area (Å²) in [4.78, 5) is 35.7. The van der Waals surface area contributed by atoms with Crippen molar-refractivity contribution in [3.8, 4) is 5.75 Å². The lowest BCUT2D eigenvalue weighted by atomic mass is 10.0. The van der Waals surface area contributed by atoms with Crippen LogP contribution in [0.2, 0.25) is 10.0 Å². The average Bonchev–Trinajstić information content (AvgIpc) is 2.68. The van der Waals surface area contributed by atoms with Crippen LogP contribution in [-0.4, -0.2) is 31.6 Å². The van der Waals surface area contributed by atoms with E-state index < -0.39 is 30.6 Å². The van der Waals surface area contributed by atoms with Crippen molar-refractivity contribution in [1.82, 2.24) is 5.32 Å². The minimum absolute atomic E-state index is 0.261. The highest BCUT2D eigenvalue weighted by molar-refractivity contribution is 6.31. The molecule has 0 spiro atoms. The normalized spacial score (nSPS) is 11.3. The highest BCUT2D eigenvalue weighted by Gasteiger charge is 2.21. The molecule has 10 heteroatoms. The summed E-state index contributed by atoms with van der Waals surface area (Å²) in [6.45, 7) is 1.24. The van der Waals surface area contributed by atoms with Gasteiger partial charge in [-0.1, -0.05) is 41.4 Å². The van der Waals surface area contributed by atoms with E-state index in [9.17, 15) is 14.4 Å². The number of aryl methyl sites for hydroxylation is 1. The van der Waals surface area contributed by atoms with Gasteiger partial charge in [-0.25, -0.2) is 4.79 Å². The number of rotatable bonds is 8. The molecule has 0 aliphatic rings. The Morgan fingerprint density at radius 2 is 1.83 bits per heavy atom. The van der Waals surface area contributed by atoms with Crippen molar-refractivity contribution in [3.05, 3.63) is 57.6 Å². The maximum atomic E-state index is 12.2. The number of carbonyl (C=O) groups excluding carboxylic acids is 3. The molecular formula is C20H21Cl2N3O5. The van der Waals surface area contributed by atoms with Crippen LogP contribution < -0.4 is 21.1 Å². The third-order valence-electron chi connectivity index (χ3n) is 4.09. The third kappa shape index (κ3) is 6.53. The number of ether oxygens (including phenoxy) is 2. The first-order valence-corrected chi connectivity index (χ1v) is 9.56. The molecule has 160 valence electrons. The summed E-state index contributed by atoms with van der Waals surface area (Å²) in [5.41, 5.74) is 6.82. The molecule has 2 aromatic rings. The van der Waals surface area contributed by atoms with Crippen LogP contribution in [-0.2, 0) is 14.3 Å². The van der Waals surface area contributed by atoms with Gasteiger partial charge in [-0.15, -0.1) is 0 Å². The van der Waals surface area contributed by atoms with Crippen molar-refractivity contribution in [1.29, 1.82) is 0 Å². The summed E-state index contributed by atoms with van der Waals surface area (Å²) in [5, 5.41) is 5.89. The number of halogens is 2. The van der Waals surface area contributed by atoms with Gasteiger partial charge in [0.05, 0.1) is 25.3 Å². The number of nitrogens with one attached hydrogen (secondary N) is 2. The largest absolute Gasteiger partial charge is 0.495 e. The predicted molar refractivity (Wildman–Crippen MR) is 114 cm³/mol. The number of amides is 3. The van der Waals surface area contributed by atoms with Crippen molar-refractivity contribution < 1.29 is 23.9 Å². The lowest BCUT2D eigenvalue weighted by Crippen LogP contribution is -2.35. The second-order valence-electron chi connectivity index (χ2n) is 6.30. The summed E-state index contributed by atoms with van der Waals surface area (Å²) in [5.74, 6) is -0.918. The fourth-order valence-electron chi connectivity index (χ4n) is 2.66. The summed E-state index contributed by atoms with van der Waals surface area (Å²) in [6.07, 6.45) is -0.261. The van der Waals surface area contributed by atoms with Crippen LogP contribution in [0.4, 0.5) is 10.5 Å². The Kier molecular flexibility index (Phi) is 8.32. The monoisotopic (exact) mass is 453 g/mol. The quantitative estimate of drug-likeness (QED) is 0.527. The number of methoxy groups -OCH3 is 1. The zero-order valence-electron chi connectivity index (χ0n) is 16.3. The first kappa shape index (κ1) is 23.3. The highest BCUT2D eigenvalue weighted by Crippen LogP contribution is 2.31. The van der Waals surface area contributed by atoms with E-state index in [-0.39, 0.29) is 6.42 Å². The number of hydrogen-bond donors (Lipinski definition) is 3. The van der Waals surface area contributed by atoms with E-state index in [0.29, 0.717) is 27.0 Å². The van der Waals surface area contributed by atoms with Crippen molar-refractivity contribution in [2.24, 2.45) is 5.73 Å². The first-order valence-electron chi connectivity index (χ1n) is 8.81. The van der Waals surface area contributed by atoms with Gasteiger partial charge >= 0.3 is 12.0 Å². The van der Waals surface area contributed by atoms with Crippen LogP contribution in [0.1, 0.15) is 23.6 Å². The fraction of sp³-hybridized carbons (Fsp3) is 0.250. The summed E-state index contributed by atoms with van der Waals surface area (Å²) >= 11 is 12.2.